The molecule has 0 spiro atoms. The Morgan fingerprint density at radius 3 is 2.59 bits per heavy atom. The van der Waals surface area contributed by atoms with Crippen LogP contribution in [0, 0.1) is 5.82 Å². The van der Waals surface area contributed by atoms with E-state index in [0.29, 0.717) is 18.7 Å². The van der Waals surface area contributed by atoms with Crippen LogP contribution in [0.4, 0.5) is 4.39 Å². The highest BCUT2D eigenvalue weighted by molar-refractivity contribution is 5.86. The van der Waals surface area contributed by atoms with Crippen molar-refractivity contribution in [3.63, 3.8) is 0 Å². The minimum Gasteiger partial charge on any atom is -0.356 e. The lowest BCUT2D eigenvalue weighted by Gasteiger charge is -2.32. The van der Waals surface area contributed by atoms with Gasteiger partial charge in [-0.05, 0) is 36.1 Å². The van der Waals surface area contributed by atoms with Gasteiger partial charge in [0.05, 0.1) is 25.4 Å². The minimum atomic E-state index is -0.404. The fourth-order valence-electron chi connectivity index (χ4n) is 3.94. The first-order chi connectivity index (χ1) is 15.5. The molecule has 0 radical (unpaired) electrons. The molecule has 0 aromatic heterocycles. The number of hydrogen-bond acceptors (Lipinski definition) is 3. The Labute approximate surface area is 188 Å². The van der Waals surface area contributed by atoms with Crippen LogP contribution < -0.4 is 10.6 Å². The van der Waals surface area contributed by atoms with Crippen molar-refractivity contribution in [2.45, 2.75) is 44.6 Å². The first-order valence-electron chi connectivity index (χ1n) is 11.1. The molecule has 2 aromatic carbocycles. The molecule has 7 heteroatoms. The van der Waals surface area contributed by atoms with E-state index in [9.17, 15) is 18.8 Å². The largest absolute Gasteiger partial charge is 0.356 e. The normalized spacial score (nSPS) is 17.7. The summed E-state index contributed by atoms with van der Waals surface area (Å²) in [6, 6.07) is 15.0. The smallest absolute Gasteiger partial charge is 0.242 e. The van der Waals surface area contributed by atoms with Gasteiger partial charge in [-0.2, -0.15) is 0 Å². The summed E-state index contributed by atoms with van der Waals surface area (Å²) < 4.78 is 13.3. The van der Waals surface area contributed by atoms with Gasteiger partial charge >= 0.3 is 0 Å². The third kappa shape index (κ3) is 7.18. The fourth-order valence-corrected chi connectivity index (χ4v) is 3.94. The lowest BCUT2D eigenvalue weighted by atomic mass is 10.0. The molecule has 1 saturated heterocycles. The topological polar surface area (TPSA) is 78.5 Å². The highest BCUT2D eigenvalue weighted by Gasteiger charge is 2.27. The number of carbonyl (C=O) groups excluding carboxylic acids is 3. The van der Waals surface area contributed by atoms with Crippen LogP contribution in [0.1, 0.15) is 49.3 Å². The second kappa shape index (κ2) is 12.0. The molecule has 1 unspecified atom stereocenters. The zero-order valence-electron chi connectivity index (χ0n) is 18.2. The van der Waals surface area contributed by atoms with Gasteiger partial charge in [0.25, 0.3) is 0 Å². The molecule has 0 saturated carbocycles. The minimum absolute atomic E-state index is 0.00440. The Morgan fingerprint density at radius 2 is 1.81 bits per heavy atom. The molecule has 3 rings (SSSR count). The van der Waals surface area contributed by atoms with Crippen molar-refractivity contribution in [2.75, 3.05) is 19.6 Å². The van der Waals surface area contributed by atoms with Crippen molar-refractivity contribution >= 4 is 17.7 Å². The summed E-state index contributed by atoms with van der Waals surface area (Å²) >= 11 is 0. The monoisotopic (exact) mass is 439 g/mol. The summed E-state index contributed by atoms with van der Waals surface area (Å²) in [4.78, 5) is 39.7. The fraction of sp³-hybridized carbons (Fsp3) is 0.400. The van der Waals surface area contributed by atoms with Crippen molar-refractivity contribution in [3.05, 3.63) is 71.5 Å². The summed E-state index contributed by atoms with van der Waals surface area (Å²) in [7, 11) is 0. The van der Waals surface area contributed by atoms with Crippen LogP contribution >= 0.6 is 0 Å². The number of amides is 3. The molecule has 1 heterocycles. The summed E-state index contributed by atoms with van der Waals surface area (Å²) in [6.07, 6.45) is 3.88. The van der Waals surface area contributed by atoms with E-state index in [-0.39, 0.29) is 37.1 Å². The average Bonchev–Trinajstić information content (AvgIpc) is 2.82. The molecular formula is C25H30FN3O3. The van der Waals surface area contributed by atoms with Crippen LogP contribution in [0.5, 0.6) is 0 Å². The van der Waals surface area contributed by atoms with E-state index in [1.54, 1.807) is 17.0 Å². The highest BCUT2D eigenvalue weighted by Crippen LogP contribution is 2.25. The molecule has 0 aliphatic carbocycles. The summed E-state index contributed by atoms with van der Waals surface area (Å²) in [5.41, 5.74) is 1.44. The van der Waals surface area contributed by atoms with Gasteiger partial charge in [0.2, 0.25) is 17.7 Å². The molecular weight excluding hydrogens is 409 g/mol. The maximum absolute atomic E-state index is 13.3. The van der Waals surface area contributed by atoms with Crippen LogP contribution in [-0.2, 0) is 20.8 Å². The Balaban J connectivity index is 1.70. The average molecular weight is 440 g/mol. The van der Waals surface area contributed by atoms with Crippen molar-refractivity contribution in [3.8, 4) is 0 Å². The zero-order chi connectivity index (χ0) is 22.8. The van der Waals surface area contributed by atoms with Gasteiger partial charge in [0, 0.05) is 13.1 Å². The summed E-state index contributed by atoms with van der Waals surface area (Å²) in [5, 5.41) is 5.60. The highest BCUT2D eigenvalue weighted by atomic mass is 19.1. The maximum atomic E-state index is 13.3. The van der Waals surface area contributed by atoms with Crippen LogP contribution in [0.2, 0.25) is 0 Å². The molecule has 1 aliphatic rings. The van der Waals surface area contributed by atoms with Crippen LogP contribution in [0.25, 0.3) is 0 Å². The molecule has 6 nitrogen and oxygen atoms in total. The quantitative estimate of drug-likeness (QED) is 0.751. The third-order valence-corrected chi connectivity index (χ3v) is 5.60. The first kappa shape index (κ1) is 23.4. The molecule has 32 heavy (non-hydrogen) atoms. The van der Waals surface area contributed by atoms with Gasteiger partial charge in [-0.15, -0.1) is 0 Å². The Kier molecular flexibility index (Phi) is 8.78. The van der Waals surface area contributed by atoms with Gasteiger partial charge in [-0.25, -0.2) is 4.39 Å². The van der Waals surface area contributed by atoms with Crippen LogP contribution in [-0.4, -0.2) is 42.3 Å². The SMILES string of the molecule is O=C(Cc1cccc(F)c1)NCC(=O)N1CCCCCCNC(=O)CC1c1ccccc1. The van der Waals surface area contributed by atoms with E-state index in [1.165, 1.54) is 12.1 Å². The van der Waals surface area contributed by atoms with E-state index in [0.717, 1.165) is 31.2 Å². The Hall–Kier alpha value is -3.22. The number of benzene rings is 2. The van der Waals surface area contributed by atoms with Crippen LogP contribution in [0.15, 0.2) is 54.6 Å². The predicted octanol–water partition coefficient (Wildman–Crippen LogP) is 3.13. The number of rotatable bonds is 5. The van der Waals surface area contributed by atoms with E-state index in [1.807, 2.05) is 30.3 Å². The second-order valence-corrected chi connectivity index (χ2v) is 8.07. The molecule has 1 aliphatic heterocycles. The Morgan fingerprint density at radius 1 is 1.03 bits per heavy atom. The zero-order valence-corrected chi connectivity index (χ0v) is 18.2. The van der Waals surface area contributed by atoms with Gasteiger partial charge in [0.15, 0.2) is 0 Å². The van der Waals surface area contributed by atoms with Gasteiger partial charge < -0.3 is 15.5 Å². The standard InChI is InChI=1S/C25H30FN3O3/c26-21-12-8-9-19(15-21)16-23(30)28-18-25(32)29-14-7-2-1-6-13-27-24(31)17-22(29)20-10-4-3-5-11-20/h3-5,8-12,15,22H,1-2,6-7,13-14,16-18H2,(H,27,31)(H,28,30). The molecule has 0 bridgehead atoms. The van der Waals surface area contributed by atoms with E-state index >= 15 is 0 Å². The molecule has 2 aromatic rings. The molecule has 1 fully saturated rings. The number of hydrogen-bond donors (Lipinski definition) is 2. The van der Waals surface area contributed by atoms with Crippen LogP contribution in [0.3, 0.4) is 0 Å². The molecule has 3 amide bonds. The summed E-state index contributed by atoms with van der Waals surface area (Å²) in [5.74, 6) is -1.08. The molecule has 1 atom stereocenters. The second-order valence-electron chi connectivity index (χ2n) is 8.07. The van der Waals surface area contributed by atoms with Gasteiger partial charge in [0.1, 0.15) is 5.82 Å². The summed E-state index contributed by atoms with van der Waals surface area (Å²) in [6.45, 7) is 0.995. The van der Waals surface area contributed by atoms with E-state index in [4.69, 9.17) is 0 Å². The number of nitrogens with zero attached hydrogens (tertiary/aromatic N) is 1. The van der Waals surface area contributed by atoms with E-state index < -0.39 is 11.9 Å². The molecule has 170 valence electrons. The number of nitrogens with one attached hydrogen (secondary N) is 2. The van der Waals surface area contributed by atoms with Crippen molar-refractivity contribution in [2.24, 2.45) is 0 Å². The third-order valence-electron chi connectivity index (χ3n) is 5.60. The predicted molar refractivity (Wildman–Crippen MR) is 120 cm³/mol. The first-order valence-corrected chi connectivity index (χ1v) is 11.1. The lowest BCUT2D eigenvalue weighted by Crippen LogP contribution is -2.44. The Bertz CT molecular complexity index is 920. The number of halogens is 1. The van der Waals surface area contributed by atoms with E-state index in [2.05, 4.69) is 10.6 Å². The number of carbonyl (C=O) groups is 3. The lowest BCUT2D eigenvalue weighted by molar-refractivity contribution is -0.136. The van der Waals surface area contributed by atoms with Crippen molar-refractivity contribution < 1.29 is 18.8 Å². The van der Waals surface area contributed by atoms with Gasteiger partial charge in [-0.1, -0.05) is 55.3 Å². The van der Waals surface area contributed by atoms with Gasteiger partial charge in [-0.3, -0.25) is 14.4 Å². The molecule has 2 N–H and O–H groups in total. The van der Waals surface area contributed by atoms with Crippen molar-refractivity contribution in [1.82, 2.24) is 15.5 Å². The maximum Gasteiger partial charge on any atom is 0.242 e. The van der Waals surface area contributed by atoms with Crippen molar-refractivity contribution in [1.29, 1.82) is 0 Å².